The monoisotopic (exact) mass is 891 g/mol. The average Bonchev–Trinajstić information content (AvgIpc) is 3.30. The maximum absolute atomic E-state index is 12.8. The van der Waals surface area contributed by atoms with Gasteiger partial charge in [-0.25, -0.2) is 0 Å². The standard InChI is InChI=1S/C59H102O5/c1-4-7-10-13-16-19-22-25-28-30-32-34-37-40-43-46-49-52-58(60)63-56-57(55-62-54-51-48-45-42-39-36-27-24-21-18-15-12-9-6-3)64-59(61)53-50-47-44-41-38-35-33-31-29-26-23-20-17-14-11-8-5-2/h7,10,16-17,19-20,25-26,28-29,32,34,40,43,57H,4-6,8-9,11-15,18,21-24,27,30-31,33,35-39,41-42,44-56H2,1-3H3/b10-7-,19-16-,20-17-,28-25-,29-26-,34-32-,43-40-. The second kappa shape index (κ2) is 54.4. The highest BCUT2D eigenvalue weighted by Crippen LogP contribution is 2.15. The highest BCUT2D eigenvalue weighted by Gasteiger charge is 2.17. The lowest BCUT2D eigenvalue weighted by atomic mass is 10.0. The Labute approximate surface area is 397 Å². The molecule has 0 rings (SSSR count). The van der Waals surface area contributed by atoms with Crippen LogP contribution in [0.2, 0.25) is 0 Å². The molecule has 0 aromatic carbocycles. The van der Waals surface area contributed by atoms with Crippen molar-refractivity contribution in [2.75, 3.05) is 19.8 Å². The van der Waals surface area contributed by atoms with Gasteiger partial charge in [-0.05, 0) is 89.9 Å². The first-order chi connectivity index (χ1) is 31.6. The third-order valence-corrected chi connectivity index (χ3v) is 11.4. The Balaban J connectivity index is 4.37. The van der Waals surface area contributed by atoms with E-state index in [4.69, 9.17) is 14.2 Å². The number of esters is 2. The average molecular weight is 891 g/mol. The highest BCUT2D eigenvalue weighted by molar-refractivity contribution is 5.70. The van der Waals surface area contributed by atoms with E-state index in [0.717, 1.165) is 83.5 Å². The van der Waals surface area contributed by atoms with E-state index >= 15 is 0 Å². The summed E-state index contributed by atoms with van der Waals surface area (Å²) in [7, 11) is 0. The summed E-state index contributed by atoms with van der Waals surface area (Å²) in [6, 6.07) is 0. The van der Waals surface area contributed by atoms with Crippen molar-refractivity contribution in [2.24, 2.45) is 0 Å². The number of allylic oxidation sites excluding steroid dienone is 14. The predicted octanol–water partition coefficient (Wildman–Crippen LogP) is 18.5. The van der Waals surface area contributed by atoms with Crippen LogP contribution in [0.4, 0.5) is 0 Å². The van der Waals surface area contributed by atoms with Crippen molar-refractivity contribution < 1.29 is 23.8 Å². The molecule has 0 aromatic heterocycles. The third-order valence-electron chi connectivity index (χ3n) is 11.4. The van der Waals surface area contributed by atoms with Gasteiger partial charge in [0.1, 0.15) is 6.61 Å². The molecule has 0 fully saturated rings. The minimum atomic E-state index is -0.565. The van der Waals surface area contributed by atoms with E-state index in [1.807, 2.05) is 0 Å². The lowest BCUT2D eigenvalue weighted by Crippen LogP contribution is -2.30. The number of unbranched alkanes of at least 4 members (excludes halogenated alkanes) is 24. The summed E-state index contributed by atoms with van der Waals surface area (Å²) in [5, 5.41) is 0. The van der Waals surface area contributed by atoms with Gasteiger partial charge in [0, 0.05) is 19.4 Å². The van der Waals surface area contributed by atoms with E-state index in [1.54, 1.807) is 0 Å². The normalized spacial score (nSPS) is 12.9. The molecule has 0 aliphatic heterocycles. The molecular weight excluding hydrogens is 789 g/mol. The molecule has 0 aliphatic rings. The van der Waals surface area contributed by atoms with Gasteiger partial charge in [-0.15, -0.1) is 0 Å². The zero-order valence-corrected chi connectivity index (χ0v) is 42.3. The molecule has 0 saturated heterocycles. The number of ether oxygens (including phenoxy) is 3. The molecule has 0 spiro atoms. The summed E-state index contributed by atoms with van der Waals surface area (Å²) in [5.74, 6) is -0.469. The van der Waals surface area contributed by atoms with Crippen LogP contribution in [0.3, 0.4) is 0 Å². The molecule has 0 radical (unpaired) electrons. The van der Waals surface area contributed by atoms with Crippen molar-refractivity contribution in [3.8, 4) is 0 Å². The van der Waals surface area contributed by atoms with Gasteiger partial charge in [-0.3, -0.25) is 9.59 Å². The minimum absolute atomic E-state index is 0.0515. The number of carbonyl (C=O) groups is 2. The zero-order valence-electron chi connectivity index (χ0n) is 42.3. The Bertz CT molecular complexity index is 1190. The van der Waals surface area contributed by atoms with Crippen LogP contribution < -0.4 is 0 Å². The molecule has 0 N–H and O–H groups in total. The first-order valence-electron chi connectivity index (χ1n) is 27.1. The third kappa shape index (κ3) is 51.7. The lowest BCUT2D eigenvalue weighted by molar-refractivity contribution is -0.163. The fourth-order valence-corrected chi connectivity index (χ4v) is 7.40. The topological polar surface area (TPSA) is 61.8 Å². The molecule has 1 atom stereocenters. The molecule has 5 heteroatoms. The van der Waals surface area contributed by atoms with Crippen LogP contribution in [-0.2, 0) is 23.8 Å². The Hall–Kier alpha value is -2.92. The Morgan fingerprint density at radius 3 is 1.20 bits per heavy atom. The van der Waals surface area contributed by atoms with Crippen LogP contribution in [0.25, 0.3) is 0 Å². The van der Waals surface area contributed by atoms with Crippen molar-refractivity contribution >= 4 is 11.9 Å². The summed E-state index contributed by atoms with van der Waals surface area (Å²) in [6.07, 6.45) is 71.7. The lowest BCUT2D eigenvalue weighted by Gasteiger charge is -2.18. The van der Waals surface area contributed by atoms with Crippen molar-refractivity contribution in [1.29, 1.82) is 0 Å². The molecule has 0 saturated carbocycles. The van der Waals surface area contributed by atoms with E-state index < -0.39 is 6.10 Å². The second-order valence-corrected chi connectivity index (χ2v) is 17.8. The zero-order chi connectivity index (χ0) is 46.3. The van der Waals surface area contributed by atoms with Gasteiger partial charge in [-0.2, -0.15) is 0 Å². The van der Waals surface area contributed by atoms with Crippen LogP contribution in [-0.4, -0.2) is 37.9 Å². The maximum Gasteiger partial charge on any atom is 0.306 e. The van der Waals surface area contributed by atoms with Gasteiger partial charge in [0.15, 0.2) is 6.10 Å². The molecule has 368 valence electrons. The highest BCUT2D eigenvalue weighted by atomic mass is 16.6. The van der Waals surface area contributed by atoms with Gasteiger partial charge in [0.2, 0.25) is 0 Å². The van der Waals surface area contributed by atoms with Gasteiger partial charge in [0.05, 0.1) is 6.61 Å². The molecule has 1 unspecified atom stereocenters. The van der Waals surface area contributed by atoms with Crippen LogP contribution in [0.15, 0.2) is 85.1 Å². The summed E-state index contributed by atoms with van der Waals surface area (Å²) < 4.78 is 17.4. The fraction of sp³-hybridized carbons (Fsp3) is 0.729. The number of rotatable bonds is 49. The second-order valence-electron chi connectivity index (χ2n) is 17.8. The molecule has 0 heterocycles. The SMILES string of the molecule is CC/C=C\C/C=C\C/C=C\C/C=C\C/C=C\CCCC(=O)OCC(COCCCCCCCCCCCCCCCC)OC(=O)CCCCCCCCC/C=C\C/C=C\CCCCC. The van der Waals surface area contributed by atoms with Crippen molar-refractivity contribution in [3.05, 3.63) is 85.1 Å². The van der Waals surface area contributed by atoms with Crippen molar-refractivity contribution in [1.82, 2.24) is 0 Å². The van der Waals surface area contributed by atoms with E-state index in [1.165, 1.54) is 135 Å². The Kier molecular flexibility index (Phi) is 51.9. The van der Waals surface area contributed by atoms with Crippen LogP contribution in [0.1, 0.15) is 252 Å². The Morgan fingerprint density at radius 1 is 0.359 bits per heavy atom. The first kappa shape index (κ1) is 61.1. The van der Waals surface area contributed by atoms with Gasteiger partial charge < -0.3 is 14.2 Å². The summed E-state index contributed by atoms with van der Waals surface area (Å²) in [4.78, 5) is 25.4. The van der Waals surface area contributed by atoms with E-state index in [9.17, 15) is 9.59 Å². The molecule has 5 nitrogen and oxygen atoms in total. The number of hydrogen-bond acceptors (Lipinski definition) is 5. The molecule has 0 bridgehead atoms. The van der Waals surface area contributed by atoms with Gasteiger partial charge in [0.25, 0.3) is 0 Å². The minimum Gasteiger partial charge on any atom is -0.462 e. The number of carbonyl (C=O) groups excluding carboxylic acids is 2. The van der Waals surface area contributed by atoms with E-state index in [-0.39, 0.29) is 25.2 Å². The molecule has 0 aromatic rings. The molecular formula is C59H102O5. The van der Waals surface area contributed by atoms with E-state index in [2.05, 4.69) is 106 Å². The summed E-state index contributed by atoms with van der Waals surface area (Å²) >= 11 is 0. The summed E-state index contributed by atoms with van der Waals surface area (Å²) in [5.41, 5.74) is 0. The van der Waals surface area contributed by atoms with Crippen molar-refractivity contribution in [3.63, 3.8) is 0 Å². The summed E-state index contributed by atoms with van der Waals surface area (Å²) in [6.45, 7) is 7.64. The molecule has 0 amide bonds. The van der Waals surface area contributed by atoms with Crippen LogP contribution in [0.5, 0.6) is 0 Å². The van der Waals surface area contributed by atoms with Gasteiger partial charge >= 0.3 is 11.9 Å². The van der Waals surface area contributed by atoms with E-state index in [0.29, 0.717) is 19.4 Å². The Morgan fingerprint density at radius 2 is 0.719 bits per heavy atom. The largest absolute Gasteiger partial charge is 0.462 e. The van der Waals surface area contributed by atoms with Crippen LogP contribution >= 0.6 is 0 Å². The molecule has 0 aliphatic carbocycles. The fourth-order valence-electron chi connectivity index (χ4n) is 7.40. The number of hydrogen-bond donors (Lipinski definition) is 0. The maximum atomic E-state index is 12.8. The predicted molar refractivity (Wildman–Crippen MR) is 279 cm³/mol. The van der Waals surface area contributed by atoms with Gasteiger partial charge in [-0.1, -0.05) is 234 Å². The van der Waals surface area contributed by atoms with Crippen LogP contribution in [0, 0.1) is 0 Å². The quantitative estimate of drug-likeness (QED) is 0.0346. The molecule has 64 heavy (non-hydrogen) atoms. The van der Waals surface area contributed by atoms with Crippen molar-refractivity contribution in [2.45, 2.75) is 258 Å². The smallest absolute Gasteiger partial charge is 0.306 e. The first-order valence-corrected chi connectivity index (χ1v) is 27.1.